The predicted molar refractivity (Wildman–Crippen MR) is 75.2 cm³/mol. The molecule has 0 amide bonds. The van der Waals surface area contributed by atoms with Crippen molar-refractivity contribution in [1.82, 2.24) is 4.98 Å². The molecule has 0 saturated carbocycles. The Balaban J connectivity index is 2.21. The molecule has 0 radical (unpaired) electrons. The molecule has 0 aliphatic carbocycles. The summed E-state index contributed by atoms with van der Waals surface area (Å²) < 4.78 is 0. The maximum Gasteiger partial charge on any atom is 0.135 e. The molecule has 2 aromatic rings. The molecule has 1 aromatic heterocycles. The minimum absolute atomic E-state index is 0.473. The van der Waals surface area contributed by atoms with Gasteiger partial charge in [0.2, 0.25) is 0 Å². The molecule has 1 N–H and O–H groups in total. The third-order valence-corrected chi connectivity index (χ3v) is 3.34. The van der Waals surface area contributed by atoms with Crippen LogP contribution in [-0.2, 0) is 0 Å². The van der Waals surface area contributed by atoms with E-state index in [-0.39, 0.29) is 0 Å². The molecular weight excluding hydrogens is 256 g/mol. The van der Waals surface area contributed by atoms with Gasteiger partial charge in [-0.05, 0) is 25.1 Å². The van der Waals surface area contributed by atoms with E-state index in [0.717, 1.165) is 11.4 Å². The van der Waals surface area contributed by atoms with E-state index in [4.69, 9.17) is 10.5 Å². The minimum atomic E-state index is 0.473. The summed E-state index contributed by atoms with van der Waals surface area (Å²) in [5.74, 6) is 0. The van der Waals surface area contributed by atoms with Crippen LogP contribution >= 0.6 is 11.3 Å². The van der Waals surface area contributed by atoms with Gasteiger partial charge in [-0.3, -0.25) is 0 Å². The number of thiazole rings is 1. The molecule has 92 valence electrons. The predicted octanol–water partition coefficient (Wildman–Crippen LogP) is 3.30. The molecule has 0 fully saturated rings. The van der Waals surface area contributed by atoms with E-state index in [1.165, 1.54) is 11.3 Å². The molecule has 0 bridgehead atoms. The van der Waals surface area contributed by atoms with Crippen LogP contribution in [0.4, 0.5) is 5.69 Å². The number of hydrogen-bond acceptors (Lipinski definition) is 5. The summed E-state index contributed by atoms with van der Waals surface area (Å²) >= 11 is 1.43. The van der Waals surface area contributed by atoms with Gasteiger partial charge in [-0.1, -0.05) is 6.07 Å². The fourth-order valence-corrected chi connectivity index (χ4v) is 2.22. The third-order valence-electron chi connectivity index (χ3n) is 2.34. The van der Waals surface area contributed by atoms with Gasteiger partial charge in [0.05, 0.1) is 11.6 Å². The van der Waals surface area contributed by atoms with Crippen molar-refractivity contribution < 1.29 is 0 Å². The van der Waals surface area contributed by atoms with Crippen LogP contribution in [-0.4, -0.2) is 4.98 Å². The summed E-state index contributed by atoms with van der Waals surface area (Å²) in [7, 11) is 0. The van der Waals surface area contributed by atoms with E-state index in [2.05, 4.69) is 22.4 Å². The Bertz CT molecular complexity index is 701. The minimum Gasteiger partial charge on any atom is -0.360 e. The lowest BCUT2D eigenvalue weighted by Crippen LogP contribution is -1.91. The van der Waals surface area contributed by atoms with Gasteiger partial charge in [0.25, 0.3) is 0 Å². The van der Waals surface area contributed by atoms with E-state index >= 15 is 0 Å². The first-order chi connectivity index (χ1) is 9.22. The number of nitrogens with one attached hydrogen (secondary N) is 1. The molecule has 19 heavy (non-hydrogen) atoms. The van der Waals surface area contributed by atoms with Gasteiger partial charge < -0.3 is 5.32 Å². The van der Waals surface area contributed by atoms with Crippen LogP contribution < -0.4 is 5.32 Å². The van der Waals surface area contributed by atoms with Gasteiger partial charge in [-0.25, -0.2) is 4.98 Å². The average Bonchev–Trinajstić information content (AvgIpc) is 2.86. The first-order valence-electron chi connectivity index (χ1n) is 5.52. The van der Waals surface area contributed by atoms with Crippen LogP contribution in [0.3, 0.4) is 0 Å². The van der Waals surface area contributed by atoms with Crippen LogP contribution in [0.1, 0.15) is 16.3 Å². The fraction of sp³-hybridized carbons (Fsp3) is 0.0714. The summed E-state index contributed by atoms with van der Waals surface area (Å²) in [6.07, 6.45) is 1.61. The van der Waals surface area contributed by atoms with Crippen LogP contribution in [0.15, 0.2) is 35.8 Å². The number of allylic oxidation sites excluding steroid dienone is 1. The number of anilines is 1. The van der Waals surface area contributed by atoms with E-state index in [1.807, 2.05) is 18.4 Å². The second-order valence-corrected chi connectivity index (χ2v) is 4.66. The lowest BCUT2D eigenvalue weighted by molar-refractivity contribution is 1.24. The molecule has 5 heteroatoms. The lowest BCUT2D eigenvalue weighted by Gasteiger charge is -2.01. The molecule has 4 nitrogen and oxygen atoms in total. The first kappa shape index (κ1) is 12.8. The monoisotopic (exact) mass is 266 g/mol. The smallest absolute Gasteiger partial charge is 0.135 e. The SMILES string of the molecule is Cc1csc(/C(C#N)=C/Nc2cccc(C#N)c2)n1. The molecular formula is C14H10N4S. The molecule has 0 atom stereocenters. The highest BCUT2D eigenvalue weighted by atomic mass is 32.1. The van der Waals surface area contributed by atoms with Crippen molar-refractivity contribution in [3.63, 3.8) is 0 Å². The topological polar surface area (TPSA) is 72.5 Å². The quantitative estimate of drug-likeness (QED) is 0.865. The Morgan fingerprint density at radius 2 is 2.26 bits per heavy atom. The highest BCUT2D eigenvalue weighted by molar-refractivity contribution is 7.10. The summed E-state index contributed by atoms with van der Waals surface area (Å²) in [6, 6.07) is 11.2. The normalized spacial score (nSPS) is 10.6. The van der Waals surface area contributed by atoms with Gasteiger partial charge in [0.15, 0.2) is 0 Å². The molecule has 1 aromatic carbocycles. The molecule has 0 aliphatic heterocycles. The lowest BCUT2D eigenvalue weighted by atomic mass is 10.2. The Hall–Kier alpha value is -2.63. The van der Waals surface area contributed by atoms with Gasteiger partial charge in [0.1, 0.15) is 16.6 Å². The zero-order valence-electron chi connectivity index (χ0n) is 10.2. The molecule has 0 unspecified atom stereocenters. The third kappa shape index (κ3) is 3.19. The summed E-state index contributed by atoms with van der Waals surface area (Å²) in [5, 5.41) is 23.5. The van der Waals surface area contributed by atoms with E-state index in [1.54, 1.807) is 24.4 Å². The molecule has 0 spiro atoms. The van der Waals surface area contributed by atoms with Crippen LogP contribution in [0.5, 0.6) is 0 Å². The Morgan fingerprint density at radius 1 is 1.42 bits per heavy atom. The summed E-state index contributed by atoms with van der Waals surface area (Å²) in [5.41, 5.74) is 2.70. The maximum atomic E-state index is 9.12. The van der Waals surface area contributed by atoms with Crippen LogP contribution in [0, 0.1) is 29.6 Å². The van der Waals surface area contributed by atoms with E-state index in [0.29, 0.717) is 16.1 Å². The molecule has 0 saturated heterocycles. The largest absolute Gasteiger partial charge is 0.360 e. The van der Waals surface area contributed by atoms with Crippen molar-refractivity contribution in [3.05, 3.63) is 52.1 Å². The van der Waals surface area contributed by atoms with Crippen molar-refractivity contribution in [2.75, 3.05) is 5.32 Å². The van der Waals surface area contributed by atoms with E-state index < -0.39 is 0 Å². The average molecular weight is 266 g/mol. The van der Waals surface area contributed by atoms with Gasteiger partial charge in [-0.15, -0.1) is 11.3 Å². The number of rotatable bonds is 3. The zero-order chi connectivity index (χ0) is 13.7. The molecule has 2 rings (SSSR count). The van der Waals surface area contributed by atoms with Crippen molar-refractivity contribution in [2.45, 2.75) is 6.92 Å². The van der Waals surface area contributed by atoms with Crippen molar-refractivity contribution in [1.29, 1.82) is 10.5 Å². The second-order valence-electron chi connectivity index (χ2n) is 3.80. The number of nitrogens with zero attached hydrogens (tertiary/aromatic N) is 3. The van der Waals surface area contributed by atoms with Crippen LogP contribution in [0.2, 0.25) is 0 Å². The van der Waals surface area contributed by atoms with Crippen molar-refractivity contribution >= 4 is 22.6 Å². The standard InChI is InChI=1S/C14H10N4S/c1-10-9-19-14(18-10)12(7-16)8-17-13-4-2-3-11(5-13)6-15/h2-5,8-9,17H,1H3/b12-8+. The Morgan fingerprint density at radius 3 is 2.89 bits per heavy atom. The fourth-order valence-electron chi connectivity index (χ4n) is 1.45. The second kappa shape index (κ2) is 5.81. The molecule has 1 heterocycles. The highest BCUT2D eigenvalue weighted by Crippen LogP contribution is 2.19. The van der Waals surface area contributed by atoms with Crippen molar-refractivity contribution in [3.8, 4) is 12.1 Å². The Kier molecular flexibility index (Phi) is 3.92. The highest BCUT2D eigenvalue weighted by Gasteiger charge is 2.05. The summed E-state index contributed by atoms with van der Waals surface area (Å²) in [4.78, 5) is 4.26. The first-order valence-corrected chi connectivity index (χ1v) is 6.40. The number of aromatic nitrogens is 1. The number of benzene rings is 1. The molecule has 0 aliphatic rings. The Labute approximate surface area is 115 Å². The zero-order valence-corrected chi connectivity index (χ0v) is 11.0. The number of aryl methyl sites for hydroxylation is 1. The summed E-state index contributed by atoms with van der Waals surface area (Å²) in [6.45, 7) is 1.89. The number of nitriles is 2. The van der Waals surface area contributed by atoms with Gasteiger partial charge >= 0.3 is 0 Å². The van der Waals surface area contributed by atoms with Crippen LogP contribution in [0.25, 0.3) is 5.57 Å². The van der Waals surface area contributed by atoms with E-state index in [9.17, 15) is 0 Å². The number of hydrogen-bond donors (Lipinski definition) is 1. The van der Waals surface area contributed by atoms with Gasteiger partial charge in [0, 0.05) is 23.0 Å². The maximum absolute atomic E-state index is 9.12. The van der Waals surface area contributed by atoms with Crippen molar-refractivity contribution in [2.24, 2.45) is 0 Å². The van der Waals surface area contributed by atoms with Gasteiger partial charge in [-0.2, -0.15) is 10.5 Å².